The third kappa shape index (κ3) is 3.14. The van der Waals surface area contributed by atoms with Crippen LogP contribution in [0.25, 0.3) is 0 Å². The van der Waals surface area contributed by atoms with Crippen molar-refractivity contribution in [1.82, 2.24) is 21.1 Å². The minimum absolute atomic E-state index is 0.0469. The summed E-state index contributed by atoms with van der Waals surface area (Å²) in [6.45, 7) is 0. The summed E-state index contributed by atoms with van der Waals surface area (Å²) >= 11 is 0. The van der Waals surface area contributed by atoms with E-state index in [4.69, 9.17) is 0 Å². The maximum atomic E-state index is 13.0. The summed E-state index contributed by atoms with van der Waals surface area (Å²) in [6, 6.07) is -0.0469. The summed E-state index contributed by atoms with van der Waals surface area (Å²) in [5.41, 5.74) is 5.22. The number of rotatable bonds is 1. The molecule has 4 nitrogen and oxygen atoms in total. The minimum atomic E-state index is -4.26. The van der Waals surface area contributed by atoms with E-state index in [2.05, 4.69) is 11.1 Å². The summed E-state index contributed by atoms with van der Waals surface area (Å²) in [6.07, 6.45) is 1.31. The highest BCUT2D eigenvalue weighted by Gasteiger charge is 2.51. The van der Waals surface area contributed by atoms with Crippen molar-refractivity contribution in [2.75, 3.05) is 7.05 Å². The molecule has 1 aliphatic carbocycles. The third-order valence-electron chi connectivity index (χ3n) is 3.75. The van der Waals surface area contributed by atoms with E-state index in [0.29, 0.717) is 0 Å². The van der Waals surface area contributed by atoms with Crippen LogP contribution in [0, 0.1) is 0 Å². The van der Waals surface area contributed by atoms with Gasteiger partial charge in [-0.25, -0.2) is 5.01 Å². The first-order valence-corrected chi connectivity index (χ1v) is 6.59. The zero-order chi connectivity index (χ0) is 13.2. The first kappa shape index (κ1) is 14.0. The SMILES string of the molecule is CN1NNN(C2CCCCCCC2)C1C(F)(F)F. The molecule has 2 rings (SSSR count). The van der Waals surface area contributed by atoms with Crippen LogP contribution in [0.2, 0.25) is 0 Å². The molecule has 1 saturated heterocycles. The lowest BCUT2D eigenvalue weighted by Gasteiger charge is -2.34. The van der Waals surface area contributed by atoms with Gasteiger partial charge in [-0.2, -0.15) is 29.2 Å². The van der Waals surface area contributed by atoms with Crippen LogP contribution in [0.15, 0.2) is 0 Å². The Morgan fingerprint density at radius 2 is 1.50 bits per heavy atom. The Hall–Kier alpha value is -0.370. The maximum absolute atomic E-state index is 13.0. The average molecular weight is 266 g/mol. The first-order chi connectivity index (χ1) is 8.50. The van der Waals surface area contributed by atoms with Crippen molar-refractivity contribution in [2.24, 2.45) is 0 Å². The first-order valence-electron chi connectivity index (χ1n) is 6.59. The van der Waals surface area contributed by atoms with Crippen LogP contribution in [0.4, 0.5) is 13.2 Å². The van der Waals surface area contributed by atoms with Gasteiger partial charge in [0.25, 0.3) is 0 Å². The molecule has 1 heterocycles. The largest absolute Gasteiger partial charge is 0.419 e. The number of hydrogen-bond donors (Lipinski definition) is 2. The molecule has 2 aliphatic rings. The highest BCUT2D eigenvalue weighted by Crippen LogP contribution is 2.31. The monoisotopic (exact) mass is 266 g/mol. The Morgan fingerprint density at radius 1 is 0.944 bits per heavy atom. The Kier molecular flexibility index (Phi) is 4.47. The van der Waals surface area contributed by atoms with Crippen LogP contribution in [-0.2, 0) is 0 Å². The van der Waals surface area contributed by atoms with E-state index in [1.54, 1.807) is 0 Å². The van der Waals surface area contributed by atoms with Crippen molar-refractivity contribution in [1.29, 1.82) is 0 Å². The number of nitrogens with one attached hydrogen (secondary N) is 2. The van der Waals surface area contributed by atoms with E-state index in [-0.39, 0.29) is 6.04 Å². The molecule has 1 saturated carbocycles. The molecule has 1 atom stereocenters. The second kappa shape index (κ2) is 5.73. The molecule has 18 heavy (non-hydrogen) atoms. The van der Waals surface area contributed by atoms with Gasteiger partial charge >= 0.3 is 6.18 Å². The van der Waals surface area contributed by atoms with Gasteiger partial charge in [-0.15, -0.1) is 0 Å². The fraction of sp³-hybridized carbons (Fsp3) is 1.00. The van der Waals surface area contributed by atoms with E-state index in [1.165, 1.54) is 18.5 Å². The van der Waals surface area contributed by atoms with Crippen molar-refractivity contribution < 1.29 is 13.2 Å². The number of nitrogens with zero attached hydrogens (tertiary/aromatic N) is 2. The average Bonchev–Trinajstić information content (AvgIpc) is 2.59. The summed E-state index contributed by atoms with van der Waals surface area (Å²) in [5, 5.41) is 2.42. The fourth-order valence-electron chi connectivity index (χ4n) is 2.83. The van der Waals surface area contributed by atoms with Crippen molar-refractivity contribution in [3.05, 3.63) is 0 Å². The molecule has 1 unspecified atom stereocenters. The molecule has 0 aromatic carbocycles. The molecule has 0 bridgehead atoms. The Balaban J connectivity index is 2.05. The molecule has 1 aliphatic heterocycles. The molecule has 0 aromatic rings. The molecular formula is C11H21F3N4. The number of hydrogen-bond acceptors (Lipinski definition) is 4. The second-order valence-corrected chi connectivity index (χ2v) is 5.16. The Labute approximate surface area is 105 Å². The van der Waals surface area contributed by atoms with E-state index < -0.39 is 12.3 Å². The van der Waals surface area contributed by atoms with E-state index in [1.807, 2.05) is 0 Å². The summed E-state index contributed by atoms with van der Waals surface area (Å²) < 4.78 is 39.1. The number of halogens is 3. The standard InChI is InChI=1S/C11H21F3N4/c1-17-10(11(12,13)14)18(16-15-17)9-7-5-3-2-4-6-8-9/h9-10,15-16H,2-8H2,1H3. The topological polar surface area (TPSA) is 30.5 Å². The molecular weight excluding hydrogens is 245 g/mol. The summed E-state index contributed by atoms with van der Waals surface area (Å²) in [4.78, 5) is 0. The van der Waals surface area contributed by atoms with E-state index in [0.717, 1.165) is 43.5 Å². The predicted octanol–water partition coefficient (Wildman–Crippen LogP) is 2.16. The van der Waals surface area contributed by atoms with Crippen molar-refractivity contribution in [2.45, 2.75) is 63.3 Å². The van der Waals surface area contributed by atoms with Crippen molar-refractivity contribution >= 4 is 0 Å². The van der Waals surface area contributed by atoms with E-state index >= 15 is 0 Å². The fourth-order valence-corrected chi connectivity index (χ4v) is 2.83. The Morgan fingerprint density at radius 3 is 2.06 bits per heavy atom. The summed E-state index contributed by atoms with van der Waals surface area (Å²) in [7, 11) is 1.41. The zero-order valence-electron chi connectivity index (χ0n) is 10.6. The van der Waals surface area contributed by atoms with Gasteiger partial charge in [0.1, 0.15) is 0 Å². The molecule has 0 aromatic heterocycles. The van der Waals surface area contributed by atoms with Crippen molar-refractivity contribution in [3.63, 3.8) is 0 Å². The van der Waals surface area contributed by atoms with E-state index in [9.17, 15) is 13.2 Å². The molecule has 2 fully saturated rings. The second-order valence-electron chi connectivity index (χ2n) is 5.16. The molecule has 106 valence electrons. The van der Waals surface area contributed by atoms with Gasteiger partial charge in [-0.3, -0.25) is 0 Å². The molecule has 0 radical (unpaired) electrons. The predicted molar refractivity (Wildman–Crippen MR) is 61.8 cm³/mol. The highest BCUT2D eigenvalue weighted by atomic mass is 19.4. The lowest BCUT2D eigenvalue weighted by atomic mass is 9.96. The van der Waals surface area contributed by atoms with Gasteiger partial charge in [0, 0.05) is 13.1 Å². The highest BCUT2D eigenvalue weighted by molar-refractivity contribution is 4.83. The molecule has 2 N–H and O–H groups in total. The van der Waals surface area contributed by atoms with Crippen molar-refractivity contribution in [3.8, 4) is 0 Å². The maximum Gasteiger partial charge on any atom is 0.419 e. The van der Waals surface area contributed by atoms with Gasteiger partial charge in [0.05, 0.1) is 0 Å². The van der Waals surface area contributed by atoms with Gasteiger partial charge in [-0.05, 0) is 12.8 Å². The Bertz CT molecular complexity index is 264. The van der Waals surface area contributed by atoms with Crippen LogP contribution in [0.1, 0.15) is 44.9 Å². The van der Waals surface area contributed by atoms with Crippen LogP contribution in [0.3, 0.4) is 0 Å². The van der Waals surface area contributed by atoms with Crippen LogP contribution < -0.4 is 11.1 Å². The van der Waals surface area contributed by atoms with Gasteiger partial charge < -0.3 is 0 Å². The number of alkyl halides is 3. The number of hydrazine groups is 3. The van der Waals surface area contributed by atoms with Gasteiger partial charge in [-0.1, -0.05) is 32.1 Å². The smallest absolute Gasteiger partial charge is 0.205 e. The quantitative estimate of drug-likeness (QED) is 0.761. The third-order valence-corrected chi connectivity index (χ3v) is 3.75. The zero-order valence-corrected chi connectivity index (χ0v) is 10.6. The van der Waals surface area contributed by atoms with Crippen LogP contribution in [-0.4, -0.2) is 35.4 Å². The molecule has 0 amide bonds. The van der Waals surface area contributed by atoms with Crippen LogP contribution >= 0.6 is 0 Å². The van der Waals surface area contributed by atoms with Gasteiger partial charge in [0.15, 0.2) is 6.17 Å². The molecule has 0 spiro atoms. The minimum Gasteiger partial charge on any atom is -0.205 e. The normalized spacial score (nSPS) is 30.3. The summed E-state index contributed by atoms with van der Waals surface area (Å²) in [5.74, 6) is 0. The molecule has 7 heteroatoms. The van der Waals surface area contributed by atoms with Gasteiger partial charge in [0.2, 0.25) is 0 Å². The lowest BCUT2D eigenvalue weighted by Crippen LogP contribution is -2.54. The lowest BCUT2D eigenvalue weighted by molar-refractivity contribution is -0.215. The van der Waals surface area contributed by atoms with Crippen LogP contribution in [0.5, 0.6) is 0 Å².